The molecule has 3 rings (SSSR count). The Balaban J connectivity index is 1.66. The molecule has 0 spiro atoms. The Morgan fingerprint density at radius 1 is 1.09 bits per heavy atom. The number of aromatic nitrogens is 1. The number of hydrogen-bond acceptors (Lipinski definition) is 5. The molecule has 0 aliphatic carbocycles. The van der Waals surface area contributed by atoms with Crippen molar-refractivity contribution in [2.75, 3.05) is 6.61 Å². The second-order valence-electron chi connectivity index (χ2n) is 8.13. The van der Waals surface area contributed by atoms with E-state index in [0.29, 0.717) is 42.4 Å². The van der Waals surface area contributed by atoms with Gasteiger partial charge in [-0.05, 0) is 66.8 Å². The van der Waals surface area contributed by atoms with Crippen molar-refractivity contribution in [3.05, 3.63) is 65.0 Å². The van der Waals surface area contributed by atoms with Crippen LogP contribution in [0.4, 0.5) is 13.2 Å². The highest BCUT2D eigenvalue weighted by atomic mass is 19.4. The predicted octanol–water partition coefficient (Wildman–Crippen LogP) is 6.31. The Morgan fingerprint density at radius 2 is 1.76 bits per heavy atom. The number of carboxylic acid groups (broad SMARTS) is 1. The van der Waals surface area contributed by atoms with Crippen LogP contribution in [0.15, 0.2) is 46.9 Å². The van der Waals surface area contributed by atoms with E-state index in [1.165, 1.54) is 24.3 Å². The van der Waals surface area contributed by atoms with E-state index in [1.54, 1.807) is 0 Å². The molecule has 0 saturated carbocycles. The number of nitrogens with zero attached hydrogens (tertiary/aromatic N) is 1. The number of alkyl halides is 3. The Labute approximate surface area is 195 Å². The van der Waals surface area contributed by atoms with Crippen LogP contribution in [-0.2, 0) is 17.6 Å². The van der Waals surface area contributed by atoms with Gasteiger partial charge in [0.2, 0.25) is 5.89 Å². The van der Waals surface area contributed by atoms with Crippen molar-refractivity contribution < 1.29 is 37.0 Å². The fourth-order valence-corrected chi connectivity index (χ4v) is 3.46. The molecule has 0 amide bonds. The first-order valence-corrected chi connectivity index (χ1v) is 10.8. The fourth-order valence-electron chi connectivity index (χ4n) is 3.46. The molecule has 0 bridgehead atoms. The molecule has 2 aromatic carbocycles. The highest BCUT2D eigenvalue weighted by Crippen LogP contribution is 2.30. The fraction of sp³-hybridized carbons (Fsp3) is 0.360. The number of carbonyl (C=O) groups is 1. The third-order valence-electron chi connectivity index (χ3n) is 5.13. The number of carboxylic acids is 1. The summed E-state index contributed by atoms with van der Waals surface area (Å²) in [6.07, 6.45) is -3.76. The maximum absolute atomic E-state index is 12.4. The molecule has 6 nitrogen and oxygen atoms in total. The topological polar surface area (TPSA) is 81.8 Å². The zero-order valence-electron chi connectivity index (χ0n) is 19.1. The first-order chi connectivity index (χ1) is 16.0. The van der Waals surface area contributed by atoms with Gasteiger partial charge in [0.15, 0.2) is 0 Å². The van der Waals surface area contributed by atoms with Gasteiger partial charge in [-0.25, -0.2) is 4.98 Å². The van der Waals surface area contributed by atoms with E-state index in [2.05, 4.69) is 9.72 Å². The molecule has 3 aromatic rings. The summed E-state index contributed by atoms with van der Waals surface area (Å²) in [6, 6.07) is 10.9. The molecule has 1 N–H and O–H groups in total. The van der Waals surface area contributed by atoms with Gasteiger partial charge in [0.25, 0.3) is 0 Å². The van der Waals surface area contributed by atoms with Gasteiger partial charge in [-0.2, -0.15) is 0 Å². The normalized spacial score (nSPS) is 11.6. The lowest BCUT2D eigenvalue weighted by Crippen LogP contribution is -2.16. The molecule has 0 radical (unpaired) electrons. The summed E-state index contributed by atoms with van der Waals surface area (Å²) in [5, 5.41) is 8.85. The van der Waals surface area contributed by atoms with Gasteiger partial charge in [-0.15, -0.1) is 13.2 Å². The molecule has 9 heteroatoms. The molecule has 1 heterocycles. The SMILES string of the molecule is Cc1cc(OCCc2oc(-c3ccc(OC(F)(F)F)cc3)nc2C(C)C)ccc1CCC(=O)O. The average molecular weight is 477 g/mol. The Morgan fingerprint density at radius 3 is 2.35 bits per heavy atom. The van der Waals surface area contributed by atoms with E-state index in [0.717, 1.165) is 16.8 Å². The van der Waals surface area contributed by atoms with Crippen LogP contribution in [0.25, 0.3) is 11.5 Å². The highest BCUT2D eigenvalue weighted by molar-refractivity contribution is 5.67. The van der Waals surface area contributed by atoms with Crippen molar-refractivity contribution >= 4 is 5.97 Å². The first-order valence-electron chi connectivity index (χ1n) is 10.8. The molecule has 1 aromatic heterocycles. The number of aliphatic carboxylic acids is 1. The van der Waals surface area contributed by atoms with Crippen LogP contribution in [0.5, 0.6) is 11.5 Å². The molecule has 34 heavy (non-hydrogen) atoms. The number of hydrogen-bond donors (Lipinski definition) is 1. The summed E-state index contributed by atoms with van der Waals surface area (Å²) in [7, 11) is 0. The number of benzene rings is 2. The lowest BCUT2D eigenvalue weighted by molar-refractivity contribution is -0.274. The minimum Gasteiger partial charge on any atom is -0.493 e. The molecule has 0 saturated heterocycles. The summed E-state index contributed by atoms with van der Waals surface area (Å²) in [5.41, 5.74) is 3.22. The Hall–Kier alpha value is -3.49. The van der Waals surface area contributed by atoms with Gasteiger partial charge >= 0.3 is 12.3 Å². The van der Waals surface area contributed by atoms with E-state index in [9.17, 15) is 18.0 Å². The van der Waals surface area contributed by atoms with Crippen LogP contribution in [-0.4, -0.2) is 29.0 Å². The lowest BCUT2D eigenvalue weighted by Gasteiger charge is -2.10. The minimum atomic E-state index is -4.75. The molecular weight excluding hydrogens is 451 g/mol. The van der Waals surface area contributed by atoms with Crippen molar-refractivity contribution in [3.63, 3.8) is 0 Å². The lowest BCUT2D eigenvalue weighted by atomic mass is 10.0. The molecule has 0 unspecified atom stereocenters. The Bertz CT molecular complexity index is 1120. The number of aryl methyl sites for hydroxylation is 2. The standard InChI is InChI=1S/C25H26F3NO5/c1-15(2)23-21(12-13-32-20-10-4-17(16(3)14-20)7-11-22(30)31)33-24(29-23)18-5-8-19(9-6-18)34-25(26,27)28/h4-6,8-10,14-15H,7,11-13H2,1-3H3,(H,30,31). The van der Waals surface area contributed by atoms with Crippen LogP contribution in [0, 0.1) is 6.92 Å². The molecular formula is C25H26F3NO5. The summed E-state index contributed by atoms with van der Waals surface area (Å²) in [6.45, 7) is 6.20. The average Bonchev–Trinajstić information content (AvgIpc) is 3.17. The van der Waals surface area contributed by atoms with Crippen LogP contribution in [0.1, 0.15) is 48.8 Å². The molecule has 182 valence electrons. The monoisotopic (exact) mass is 477 g/mol. The summed E-state index contributed by atoms with van der Waals surface area (Å²) in [5.74, 6) is 0.563. The predicted molar refractivity (Wildman–Crippen MR) is 119 cm³/mol. The molecule has 0 fully saturated rings. The van der Waals surface area contributed by atoms with Crippen molar-refractivity contribution in [3.8, 4) is 23.0 Å². The Kier molecular flexibility index (Phi) is 7.86. The number of rotatable bonds is 10. The van der Waals surface area contributed by atoms with Gasteiger partial charge in [0, 0.05) is 18.4 Å². The van der Waals surface area contributed by atoms with E-state index in [4.69, 9.17) is 14.3 Å². The van der Waals surface area contributed by atoms with Crippen LogP contribution in [0.3, 0.4) is 0 Å². The third kappa shape index (κ3) is 7.00. The van der Waals surface area contributed by atoms with E-state index in [-0.39, 0.29) is 18.1 Å². The van der Waals surface area contributed by atoms with Crippen molar-refractivity contribution in [2.45, 2.75) is 52.3 Å². The summed E-state index contributed by atoms with van der Waals surface area (Å²) in [4.78, 5) is 15.3. The zero-order chi connectivity index (χ0) is 24.9. The van der Waals surface area contributed by atoms with Gasteiger partial charge in [-0.3, -0.25) is 4.79 Å². The molecule has 0 aliphatic rings. The maximum atomic E-state index is 12.4. The largest absolute Gasteiger partial charge is 0.573 e. The second-order valence-corrected chi connectivity index (χ2v) is 8.13. The number of oxazole rings is 1. The number of halogens is 3. The van der Waals surface area contributed by atoms with Crippen LogP contribution >= 0.6 is 0 Å². The third-order valence-corrected chi connectivity index (χ3v) is 5.13. The van der Waals surface area contributed by atoms with Crippen LogP contribution in [0.2, 0.25) is 0 Å². The van der Waals surface area contributed by atoms with Crippen molar-refractivity contribution in [2.24, 2.45) is 0 Å². The first kappa shape index (κ1) is 25.1. The second kappa shape index (κ2) is 10.6. The van der Waals surface area contributed by atoms with Gasteiger partial charge in [0.05, 0.1) is 12.3 Å². The van der Waals surface area contributed by atoms with Gasteiger partial charge in [-0.1, -0.05) is 19.9 Å². The number of ether oxygens (including phenoxy) is 2. The van der Waals surface area contributed by atoms with Gasteiger partial charge in [0.1, 0.15) is 17.3 Å². The smallest absolute Gasteiger partial charge is 0.493 e. The van der Waals surface area contributed by atoms with Crippen molar-refractivity contribution in [1.29, 1.82) is 0 Å². The quantitative estimate of drug-likeness (QED) is 0.369. The summed E-state index contributed by atoms with van der Waals surface area (Å²) >= 11 is 0. The van der Waals surface area contributed by atoms with E-state index < -0.39 is 12.3 Å². The van der Waals surface area contributed by atoms with E-state index >= 15 is 0 Å². The molecule has 0 aliphatic heterocycles. The highest BCUT2D eigenvalue weighted by Gasteiger charge is 2.31. The van der Waals surface area contributed by atoms with E-state index in [1.807, 2.05) is 39.0 Å². The molecule has 0 atom stereocenters. The van der Waals surface area contributed by atoms with Gasteiger partial charge < -0.3 is 19.0 Å². The summed E-state index contributed by atoms with van der Waals surface area (Å²) < 4.78 is 52.8. The van der Waals surface area contributed by atoms with Crippen molar-refractivity contribution in [1.82, 2.24) is 4.98 Å². The zero-order valence-corrected chi connectivity index (χ0v) is 19.1. The van der Waals surface area contributed by atoms with Crippen LogP contribution < -0.4 is 9.47 Å². The minimum absolute atomic E-state index is 0.0743. The maximum Gasteiger partial charge on any atom is 0.573 e.